The Morgan fingerprint density at radius 2 is 1.94 bits per heavy atom. The van der Waals surface area contributed by atoms with Crippen LogP contribution in [0.5, 0.6) is 0 Å². The molecule has 3 heterocycles. The van der Waals surface area contributed by atoms with Crippen LogP contribution in [0.4, 0.5) is 5.69 Å². The predicted octanol–water partition coefficient (Wildman–Crippen LogP) is 2.93. The van der Waals surface area contributed by atoms with E-state index in [1.807, 2.05) is 13.8 Å². The summed E-state index contributed by atoms with van der Waals surface area (Å²) in [7, 11) is 0. The SMILES string of the molecule is CCn1nc(C)c2c1c(=O)n(Cc1ccco1)c(=O)n2CC(=O)Nc1cc(Cl)ccc1C. The zero-order chi connectivity index (χ0) is 23.0. The zero-order valence-corrected chi connectivity index (χ0v) is 18.6. The molecule has 0 saturated heterocycles. The van der Waals surface area contributed by atoms with Crippen molar-refractivity contribution in [1.82, 2.24) is 18.9 Å². The van der Waals surface area contributed by atoms with Crippen molar-refractivity contribution >= 4 is 34.2 Å². The molecule has 32 heavy (non-hydrogen) atoms. The van der Waals surface area contributed by atoms with Gasteiger partial charge in [-0.15, -0.1) is 0 Å². The molecule has 0 unspecified atom stereocenters. The van der Waals surface area contributed by atoms with Gasteiger partial charge in [0, 0.05) is 17.3 Å². The second kappa shape index (κ2) is 8.51. The van der Waals surface area contributed by atoms with E-state index in [2.05, 4.69) is 10.4 Å². The number of rotatable bonds is 6. The van der Waals surface area contributed by atoms with Crippen molar-refractivity contribution in [3.8, 4) is 0 Å². The van der Waals surface area contributed by atoms with E-state index in [0.29, 0.717) is 34.2 Å². The molecule has 0 fully saturated rings. The van der Waals surface area contributed by atoms with Gasteiger partial charge in [-0.3, -0.25) is 23.4 Å². The smallest absolute Gasteiger partial charge is 0.332 e. The van der Waals surface area contributed by atoms with Crippen LogP contribution in [0.15, 0.2) is 50.6 Å². The number of hydrogen-bond acceptors (Lipinski definition) is 5. The summed E-state index contributed by atoms with van der Waals surface area (Å²) < 4.78 is 9.21. The van der Waals surface area contributed by atoms with Gasteiger partial charge in [0.15, 0.2) is 5.52 Å². The maximum atomic E-state index is 13.3. The number of amides is 1. The number of fused-ring (bicyclic) bond motifs is 1. The molecular formula is C22H22ClN5O4. The van der Waals surface area contributed by atoms with Crippen LogP contribution in [0.2, 0.25) is 5.02 Å². The van der Waals surface area contributed by atoms with Gasteiger partial charge in [0.25, 0.3) is 5.56 Å². The molecule has 4 rings (SSSR count). The van der Waals surface area contributed by atoms with Gasteiger partial charge in [0.2, 0.25) is 5.91 Å². The molecule has 1 N–H and O–H groups in total. The summed E-state index contributed by atoms with van der Waals surface area (Å²) in [6.07, 6.45) is 1.47. The van der Waals surface area contributed by atoms with Crippen LogP contribution in [0.25, 0.3) is 11.0 Å². The summed E-state index contributed by atoms with van der Waals surface area (Å²) in [5.41, 5.74) is 1.39. The second-order valence-corrected chi connectivity index (χ2v) is 7.88. The molecule has 0 spiro atoms. The summed E-state index contributed by atoms with van der Waals surface area (Å²) >= 11 is 6.04. The first kappa shape index (κ1) is 21.6. The molecule has 0 radical (unpaired) electrons. The average molecular weight is 456 g/mol. The Morgan fingerprint density at radius 3 is 2.62 bits per heavy atom. The van der Waals surface area contributed by atoms with Crippen LogP contribution in [-0.2, 0) is 24.4 Å². The van der Waals surface area contributed by atoms with Crippen molar-refractivity contribution in [2.45, 2.75) is 40.4 Å². The van der Waals surface area contributed by atoms with Crippen LogP contribution in [0, 0.1) is 13.8 Å². The van der Waals surface area contributed by atoms with E-state index in [4.69, 9.17) is 16.0 Å². The standard InChI is InChI=1S/C22H22ClN5O4/c1-4-28-20-19(14(3)25-28)26(12-18(29)24-17-10-15(23)8-7-13(17)2)22(31)27(21(20)30)11-16-6-5-9-32-16/h5-10H,4,11-12H2,1-3H3,(H,24,29). The number of carbonyl (C=O) groups excluding carboxylic acids is 1. The van der Waals surface area contributed by atoms with E-state index < -0.39 is 17.2 Å². The van der Waals surface area contributed by atoms with Crippen LogP contribution < -0.4 is 16.6 Å². The minimum absolute atomic E-state index is 0.0520. The third kappa shape index (κ3) is 3.87. The number of aromatic nitrogens is 4. The molecule has 0 aliphatic carbocycles. The molecule has 0 bridgehead atoms. The highest BCUT2D eigenvalue weighted by Crippen LogP contribution is 2.20. The lowest BCUT2D eigenvalue weighted by Crippen LogP contribution is -2.42. The van der Waals surface area contributed by atoms with Gasteiger partial charge in [-0.25, -0.2) is 4.79 Å². The van der Waals surface area contributed by atoms with E-state index in [0.717, 1.165) is 10.1 Å². The summed E-state index contributed by atoms with van der Waals surface area (Å²) in [5.74, 6) is 0.0269. The first-order chi connectivity index (χ1) is 15.3. The minimum Gasteiger partial charge on any atom is -0.467 e. The van der Waals surface area contributed by atoms with E-state index in [1.165, 1.54) is 10.8 Å². The van der Waals surface area contributed by atoms with Crippen molar-refractivity contribution in [3.05, 3.63) is 79.5 Å². The molecule has 0 saturated carbocycles. The highest BCUT2D eigenvalue weighted by Gasteiger charge is 2.22. The monoisotopic (exact) mass is 455 g/mol. The van der Waals surface area contributed by atoms with Gasteiger partial charge in [-0.2, -0.15) is 5.10 Å². The van der Waals surface area contributed by atoms with Crippen LogP contribution in [-0.4, -0.2) is 24.8 Å². The average Bonchev–Trinajstić information content (AvgIpc) is 3.38. The number of nitrogens with one attached hydrogen (secondary N) is 1. The number of nitrogens with zero attached hydrogens (tertiary/aromatic N) is 4. The summed E-state index contributed by atoms with van der Waals surface area (Å²) in [4.78, 5) is 39.4. The number of furan rings is 1. The van der Waals surface area contributed by atoms with Crippen molar-refractivity contribution < 1.29 is 9.21 Å². The highest BCUT2D eigenvalue weighted by atomic mass is 35.5. The Hall–Kier alpha value is -3.59. The zero-order valence-electron chi connectivity index (χ0n) is 17.9. The molecular weight excluding hydrogens is 434 g/mol. The van der Waals surface area contributed by atoms with Gasteiger partial charge in [0.1, 0.15) is 17.8 Å². The third-order valence-corrected chi connectivity index (χ3v) is 5.48. The quantitative estimate of drug-likeness (QED) is 0.481. The number of halogens is 1. The third-order valence-electron chi connectivity index (χ3n) is 5.24. The lowest BCUT2D eigenvalue weighted by molar-refractivity contribution is -0.116. The topological polar surface area (TPSA) is 104 Å². The first-order valence-corrected chi connectivity index (χ1v) is 10.5. The van der Waals surface area contributed by atoms with Gasteiger partial charge in [-0.1, -0.05) is 17.7 Å². The first-order valence-electron chi connectivity index (χ1n) is 10.1. The maximum Gasteiger partial charge on any atom is 0.332 e. The fraction of sp³-hybridized carbons (Fsp3) is 0.273. The number of hydrogen-bond donors (Lipinski definition) is 1. The lowest BCUT2D eigenvalue weighted by atomic mass is 10.2. The molecule has 9 nitrogen and oxygen atoms in total. The molecule has 4 aromatic rings. The molecule has 166 valence electrons. The molecule has 0 aliphatic rings. The lowest BCUT2D eigenvalue weighted by Gasteiger charge is -2.13. The molecule has 1 amide bonds. The summed E-state index contributed by atoms with van der Waals surface area (Å²) in [6, 6.07) is 8.52. The number of anilines is 1. The molecule has 0 atom stereocenters. The Morgan fingerprint density at radius 1 is 1.16 bits per heavy atom. The Labute approximate surface area is 187 Å². The normalized spacial score (nSPS) is 11.2. The number of benzene rings is 1. The fourth-order valence-corrected chi connectivity index (χ4v) is 3.87. The number of aryl methyl sites for hydroxylation is 3. The Balaban J connectivity index is 1.83. The predicted molar refractivity (Wildman–Crippen MR) is 121 cm³/mol. The Kier molecular flexibility index (Phi) is 5.75. The van der Waals surface area contributed by atoms with Crippen molar-refractivity contribution in [2.24, 2.45) is 0 Å². The van der Waals surface area contributed by atoms with Crippen molar-refractivity contribution in [3.63, 3.8) is 0 Å². The van der Waals surface area contributed by atoms with Crippen molar-refractivity contribution in [2.75, 3.05) is 5.32 Å². The Bertz CT molecular complexity index is 1430. The van der Waals surface area contributed by atoms with Crippen LogP contribution >= 0.6 is 11.6 Å². The molecule has 3 aromatic heterocycles. The second-order valence-electron chi connectivity index (χ2n) is 7.45. The van der Waals surface area contributed by atoms with E-state index in [9.17, 15) is 14.4 Å². The van der Waals surface area contributed by atoms with Gasteiger partial charge in [0.05, 0.1) is 18.5 Å². The number of carbonyl (C=O) groups is 1. The minimum atomic E-state index is -0.615. The summed E-state index contributed by atoms with van der Waals surface area (Å²) in [6.45, 7) is 5.49. The highest BCUT2D eigenvalue weighted by molar-refractivity contribution is 6.31. The van der Waals surface area contributed by atoms with E-state index in [1.54, 1.807) is 41.9 Å². The largest absolute Gasteiger partial charge is 0.467 e. The summed E-state index contributed by atoms with van der Waals surface area (Å²) in [5, 5.41) is 7.68. The van der Waals surface area contributed by atoms with Crippen LogP contribution in [0.3, 0.4) is 0 Å². The maximum absolute atomic E-state index is 13.3. The molecule has 1 aromatic carbocycles. The fourth-order valence-electron chi connectivity index (χ4n) is 3.70. The van der Waals surface area contributed by atoms with Gasteiger partial charge >= 0.3 is 5.69 Å². The van der Waals surface area contributed by atoms with Gasteiger partial charge < -0.3 is 9.73 Å². The molecule has 10 heteroatoms. The van der Waals surface area contributed by atoms with Crippen molar-refractivity contribution in [1.29, 1.82) is 0 Å². The van der Waals surface area contributed by atoms with Crippen LogP contribution in [0.1, 0.15) is 23.9 Å². The van der Waals surface area contributed by atoms with E-state index in [-0.39, 0.29) is 18.6 Å². The van der Waals surface area contributed by atoms with E-state index >= 15 is 0 Å². The van der Waals surface area contributed by atoms with Gasteiger partial charge in [-0.05, 0) is 50.6 Å². The molecule has 0 aliphatic heterocycles.